The average Bonchev–Trinajstić information content (AvgIpc) is 3.16. The van der Waals surface area contributed by atoms with Crippen LogP contribution in [0.2, 0.25) is 0 Å². The van der Waals surface area contributed by atoms with Crippen molar-refractivity contribution in [2.75, 3.05) is 29.9 Å². The summed E-state index contributed by atoms with van der Waals surface area (Å²) >= 11 is 0. The number of hydrogen-bond acceptors (Lipinski definition) is 5. The van der Waals surface area contributed by atoms with E-state index < -0.39 is 5.66 Å². The lowest BCUT2D eigenvalue weighted by atomic mass is 9.98. The van der Waals surface area contributed by atoms with Gasteiger partial charge in [-0.3, -0.25) is 24.1 Å². The molecule has 35 heavy (non-hydrogen) atoms. The van der Waals surface area contributed by atoms with Gasteiger partial charge in [0.15, 0.2) is 0 Å². The molecule has 1 atom stereocenters. The predicted octanol–water partition coefficient (Wildman–Crippen LogP) is 2.92. The molecule has 2 N–H and O–H groups in total. The summed E-state index contributed by atoms with van der Waals surface area (Å²) in [6, 6.07) is 14.1. The Morgan fingerprint density at radius 3 is 2.54 bits per heavy atom. The molecule has 0 aliphatic carbocycles. The average molecular weight is 479 g/mol. The first-order chi connectivity index (χ1) is 16.8. The van der Waals surface area contributed by atoms with E-state index in [-0.39, 0.29) is 36.6 Å². The lowest BCUT2D eigenvalue weighted by Crippen LogP contribution is -2.62. The number of benzene rings is 2. The van der Waals surface area contributed by atoms with Gasteiger partial charge in [0.05, 0.1) is 24.4 Å². The minimum atomic E-state index is -0.739. The van der Waals surface area contributed by atoms with Crippen molar-refractivity contribution < 1.29 is 23.9 Å². The molecule has 0 radical (unpaired) electrons. The number of rotatable bonds is 9. The van der Waals surface area contributed by atoms with Crippen LogP contribution in [0.4, 0.5) is 11.4 Å². The summed E-state index contributed by atoms with van der Waals surface area (Å²) in [5, 5.41) is 5.34. The van der Waals surface area contributed by atoms with E-state index in [1.807, 2.05) is 19.9 Å². The molecule has 2 aliphatic heterocycles. The van der Waals surface area contributed by atoms with Crippen LogP contribution in [0, 0.1) is 0 Å². The van der Waals surface area contributed by atoms with Crippen molar-refractivity contribution in [3.05, 3.63) is 54.1 Å². The number of para-hydroxylation sites is 1. The molecule has 2 aromatic rings. The van der Waals surface area contributed by atoms with Crippen LogP contribution in [0.25, 0.3) is 0 Å². The van der Waals surface area contributed by atoms with Crippen molar-refractivity contribution in [3.8, 4) is 5.75 Å². The summed E-state index contributed by atoms with van der Waals surface area (Å²) < 4.78 is 5.37. The van der Waals surface area contributed by atoms with Gasteiger partial charge in [-0.1, -0.05) is 12.1 Å². The van der Waals surface area contributed by atoms with E-state index >= 15 is 0 Å². The van der Waals surface area contributed by atoms with Crippen LogP contribution in [0.3, 0.4) is 0 Å². The molecule has 9 heteroatoms. The summed E-state index contributed by atoms with van der Waals surface area (Å²) in [6.07, 6.45) is 1.49. The van der Waals surface area contributed by atoms with Gasteiger partial charge in [-0.05, 0) is 63.1 Å². The smallest absolute Gasteiger partial charge is 0.257 e. The number of carbonyl (C=O) groups is 4. The number of nitrogens with one attached hydrogen (secondary N) is 2. The molecule has 1 fully saturated rings. The van der Waals surface area contributed by atoms with Gasteiger partial charge < -0.3 is 20.3 Å². The maximum absolute atomic E-state index is 13.2. The maximum Gasteiger partial charge on any atom is 0.257 e. The summed E-state index contributed by atoms with van der Waals surface area (Å²) in [4.78, 5) is 53.7. The Labute approximate surface area is 204 Å². The number of carbonyl (C=O) groups excluding carboxylic acids is 4. The van der Waals surface area contributed by atoms with Crippen LogP contribution in [0.5, 0.6) is 5.75 Å². The van der Waals surface area contributed by atoms with E-state index in [9.17, 15) is 19.2 Å². The fraction of sp³-hybridized carbons (Fsp3) is 0.385. The molecule has 4 amide bonds. The van der Waals surface area contributed by atoms with Crippen LogP contribution in [0.1, 0.15) is 49.9 Å². The highest BCUT2D eigenvalue weighted by molar-refractivity contribution is 6.10. The first-order valence-corrected chi connectivity index (χ1v) is 11.9. The maximum atomic E-state index is 13.2. The van der Waals surface area contributed by atoms with E-state index in [4.69, 9.17) is 4.74 Å². The number of ether oxygens (including phenoxy) is 1. The SMILES string of the molecule is CCOc1ccc(NC(=O)CNC(=O)CCCN2C(=O)c3ccccc3N3C(=O)CCC23C)cc1. The molecule has 2 aliphatic rings. The predicted molar refractivity (Wildman–Crippen MR) is 131 cm³/mol. The van der Waals surface area contributed by atoms with Gasteiger partial charge in [-0.25, -0.2) is 0 Å². The van der Waals surface area contributed by atoms with Crippen LogP contribution < -0.4 is 20.3 Å². The largest absolute Gasteiger partial charge is 0.494 e. The molecular weight excluding hydrogens is 448 g/mol. The van der Waals surface area contributed by atoms with Crippen molar-refractivity contribution in [3.63, 3.8) is 0 Å². The third-order valence-electron chi connectivity index (χ3n) is 6.43. The van der Waals surface area contributed by atoms with Crippen molar-refractivity contribution in [1.82, 2.24) is 10.2 Å². The van der Waals surface area contributed by atoms with Gasteiger partial charge in [-0.15, -0.1) is 0 Å². The molecular formula is C26H30N4O5. The zero-order valence-corrected chi connectivity index (χ0v) is 20.0. The fourth-order valence-corrected chi connectivity index (χ4v) is 4.71. The van der Waals surface area contributed by atoms with Gasteiger partial charge in [0.25, 0.3) is 5.91 Å². The van der Waals surface area contributed by atoms with Gasteiger partial charge in [0, 0.05) is 25.1 Å². The Morgan fingerprint density at radius 2 is 1.80 bits per heavy atom. The van der Waals surface area contributed by atoms with Crippen LogP contribution in [-0.4, -0.2) is 53.9 Å². The molecule has 2 heterocycles. The highest BCUT2D eigenvalue weighted by atomic mass is 16.5. The molecule has 0 spiro atoms. The Hall–Kier alpha value is -3.88. The zero-order chi connectivity index (χ0) is 25.0. The second-order valence-corrected chi connectivity index (χ2v) is 8.81. The number of anilines is 2. The minimum absolute atomic E-state index is 0.00580. The summed E-state index contributed by atoms with van der Waals surface area (Å²) in [7, 11) is 0. The Balaban J connectivity index is 1.28. The van der Waals surface area contributed by atoms with Gasteiger partial charge in [-0.2, -0.15) is 0 Å². The van der Waals surface area contributed by atoms with E-state index in [0.29, 0.717) is 55.1 Å². The monoisotopic (exact) mass is 478 g/mol. The molecule has 0 aromatic heterocycles. The van der Waals surface area contributed by atoms with Gasteiger partial charge in [0.2, 0.25) is 17.7 Å². The second kappa shape index (κ2) is 10.2. The molecule has 4 rings (SSSR count). The molecule has 2 aromatic carbocycles. The lowest BCUT2D eigenvalue weighted by molar-refractivity contribution is -0.124. The van der Waals surface area contributed by atoms with Crippen LogP contribution in [0.15, 0.2) is 48.5 Å². The number of amides is 4. The summed E-state index contributed by atoms with van der Waals surface area (Å²) in [5.74, 6) is -0.0366. The van der Waals surface area contributed by atoms with Crippen molar-refractivity contribution in [2.45, 2.75) is 45.2 Å². The summed E-state index contributed by atoms with van der Waals surface area (Å²) in [5.41, 5.74) is 1.02. The molecule has 1 unspecified atom stereocenters. The normalized spacial score (nSPS) is 18.7. The van der Waals surface area contributed by atoms with Crippen molar-refractivity contribution >= 4 is 35.0 Å². The van der Waals surface area contributed by atoms with E-state index in [1.165, 1.54) is 0 Å². The minimum Gasteiger partial charge on any atom is -0.494 e. The Kier molecular flexibility index (Phi) is 7.04. The van der Waals surface area contributed by atoms with Gasteiger partial charge in [0.1, 0.15) is 11.4 Å². The number of nitrogens with zero attached hydrogens (tertiary/aromatic N) is 2. The highest BCUT2D eigenvalue weighted by Crippen LogP contribution is 2.44. The first kappa shape index (κ1) is 24.3. The van der Waals surface area contributed by atoms with Crippen molar-refractivity contribution in [1.29, 1.82) is 0 Å². The highest BCUT2D eigenvalue weighted by Gasteiger charge is 2.52. The first-order valence-electron chi connectivity index (χ1n) is 11.9. The molecule has 0 bridgehead atoms. The lowest BCUT2D eigenvalue weighted by Gasteiger charge is -2.48. The van der Waals surface area contributed by atoms with Crippen LogP contribution in [-0.2, 0) is 14.4 Å². The van der Waals surface area contributed by atoms with E-state index in [0.717, 1.165) is 0 Å². The number of hydrogen-bond donors (Lipinski definition) is 2. The number of fused-ring (bicyclic) bond motifs is 3. The molecule has 1 saturated heterocycles. The topological polar surface area (TPSA) is 108 Å². The van der Waals surface area contributed by atoms with Gasteiger partial charge >= 0.3 is 0 Å². The van der Waals surface area contributed by atoms with E-state index in [1.54, 1.807) is 52.3 Å². The summed E-state index contributed by atoms with van der Waals surface area (Å²) in [6.45, 7) is 4.54. The second-order valence-electron chi connectivity index (χ2n) is 8.81. The third kappa shape index (κ3) is 4.99. The molecule has 0 saturated carbocycles. The van der Waals surface area contributed by atoms with Crippen LogP contribution >= 0.6 is 0 Å². The Bertz CT molecular complexity index is 1130. The standard InChI is InChI=1S/C26H30N4O5/c1-3-35-19-12-10-18(11-13-19)28-23(32)17-27-22(31)9-6-16-29-25(34)20-7-4-5-8-21(20)30-24(33)14-15-26(29,30)2/h4-5,7-8,10-13H,3,6,9,14-17H2,1-2H3,(H,27,31)(H,28,32). The zero-order valence-electron chi connectivity index (χ0n) is 20.0. The molecule has 9 nitrogen and oxygen atoms in total. The fourth-order valence-electron chi connectivity index (χ4n) is 4.71. The van der Waals surface area contributed by atoms with Crippen molar-refractivity contribution in [2.24, 2.45) is 0 Å². The third-order valence-corrected chi connectivity index (χ3v) is 6.43. The quantitative estimate of drug-likeness (QED) is 0.576. The Morgan fingerprint density at radius 1 is 1.06 bits per heavy atom. The van der Waals surface area contributed by atoms with E-state index in [2.05, 4.69) is 10.6 Å². The molecule has 184 valence electrons.